The highest BCUT2D eigenvalue weighted by atomic mass is 35.5. The highest BCUT2D eigenvalue weighted by Crippen LogP contribution is 2.70. The van der Waals surface area contributed by atoms with Crippen molar-refractivity contribution < 1.29 is 14.0 Å². The van der Waals surface area contributed by atoms with E-state index in [1.54, 1.807) is 18.2 Å². The minimum atomic E-state index is -0.531. The summed E-state index contributed by atoms with van der Waals surface area (Å²) in [5.74, 6) is -1.11. The molecule has 0 heterocycles. The number of hydrogen-bond donors (Lipinski definition) is 2. The molecule has 5 rings (SSSR count). The van der Waals surface area contributed by atoms with E-state index in [2.05, 4.69) is 10.6 Å². The maximum absolute atomic E-state index is 13.3. The number of anilines is 1. The largest absolute Gasteiger partial charge is 0.347 e. The van der Waals surface area contributed by atoms with Crippen molar-refractivity contribution in [1.82, 2.24) is 5.32 Å². The van der Waals surface area contributed by atoms with Crippen LogP contribution in [-0.2, 0) is 4.79 Å². The van der Waals surface area contributed by atoms with Gasteiger partial charge in [-0.15, -0.1) is 0 Å². The highest BCUT2D eigenvalue weighted by Gasteiger charge is 2.71. The number of rotatable bonds is 5. The van der Waals surface area contributed by atoms with E-state index in [0.717, 1.165) is 19.3 Å². The molecule has 29 heavy (non-hydrogen) atoms. The third-order valence-corrected chi connectivity index (χ3v) is 7.16. The second-order valence-corrected chi connectivity index (χ2v) is 9.32. The van der Waals surface area contributed by atoms with Crippen molar-refractivity contribution in [2.45, 2.75) is 31.7 Å². The lowest BCUT2D eigenvalue weighted by Crippen LogP contribution is -2.77. The van der Waals surface area contributed by atoms with Crippen LogP contribution in [0.25, 0.3) is 0 Å². The van der Waals surface area contributed by atoms with Gasteiger partial charge in [0.2, 0.25) is 5.91 Å². The number of benzene rings is 2. The van der Waals surface area contributed by atoms with Gasteiger partial charge in [-0.1, -0.05) is 41.7 Å². The number of hydrogen-bond acceptors (Lipinski definition) is 2. The van der Waals surface area contributed by atoms with Gasteiger partial charge in [0.25, 0.3) is 5.91 Å². The molecule has 2 aromatic rings. The summed E-state index contributed by atoms with van der Waals surface area (Å²) < 4.78 is 13.3. The van der Waals surface area contributed by atoms with Crippen molar-refractivity contribution in [2.75, 3.05) is 5.32 Å². The van der Waals surface area contributed by atoms with Gasteiger partial charge in [0.15, 0.2) is 0 Å². The molecule has 2 amide bonds. The average Bonchev–Trinajstić information content (AvgIpc) is 2.61. The van der Waals surface area contributed by atoms with Crippen LogP contribution in [0.1, 0.15) is 36.5 Å². The first-order valence-electron chi connectivity index (χ1n) is 9.17. The summed E-state index contributed by atoms with van der Waals surface area (Å²) in [6.07, 6.45) is 2.23. The Morgan fingerprint density at radius 2 is 1.69 bits per heavy atom. The van der Waals surface area contributed by atoms with Crippen molar-refractivity contribution in [1.29, 1.82) is 0 Å². The van der Waals surface area contributed by atoms with Crippen molar-refractivity contribution >= 4 is 52.3 Å². The molecule has 0 aromatic heterocycles. The summed E-state index contributed by atoms with van der Waals surface area (Å²) in [5, 5.41) is 6.56. The second-order valence-electron chi connectivity index (χ2n) is 8.10. The summed E-state index contributed by atoms with van der Waals surface area (Å²) >= 11 is 17.6. The van der Waals surface area contributed by atoms with E-state index in [4.69, 9.17) is 34.8 Å². The minimum absolute atomic E-state index is 0.0371. The maximum Gasteiger partial charge on any atom is 0.251 e. The molecule has 2 bridgehead atoms. The van der Waals surface area contributed by atoms with Gasteiger partial charge in [-0.25, -0.2) is 4.39 Å². The predicted octanol–water partition coefficient (Wildman–Crippen LogP) is 5.71. The van der Waals surface area contributed by atoms with Gasteiger partial charge < -0.3 is 10.6 Å². The molecule has 3 aliphatic rings. The van der Waals surface area contributed by atoms with Crippen molar-refractivity contribution in [3.8, 4) is 0 Å². The molecule has 0 aliphatic heterocycles. The van der Waals surface area contributed by atoms with Crippen molar-refractivity contribution in [2.24, 2.45) is 11.3 Å². The fraction of sp³-hybridized carbons (Fsp3) is 0.333. The standard InChI is InChI=1S/C21H18Cl3FN2O2/c1-11(18(28)26-13-3-5-17(25)16(24)7-13)20-8-21(9-20,10-20)27-19(29)12-2-4-14(22)15(23)6-12/h2-7,11H,8-10H2,1H3,(H,26,28)(H,27,29)/t11-,20?,21?/m1/s1. The first-order valence-corrected chi connectivity index (χ1v) is 10.3. The molecule has 2 N–H and O–H groups in total. The van der Waals surface area contributed by atoms with Gasteiger partial charge >= 0.3 is 0 Å². The fourth-order valence-corrected chi connectivity index (χ4v) is 4.99. The summed E-state index contributed by atoms with van der Waals surface area (Å²) in [6, 6.07) is 8.86. The molecule has 4 nitrogen and oxygen atoms in total. The summed E-state index contributed by atoms with van der Waals surface area (Å²) in [7, 11) is 0. The number of nitrogens with one attached hydrogen (secondary N) is 2. The van der Waals surface area contributed by atoms with E-state index in [-0.39, 0.29) is 33.7 Å². The summed E-state index contributed by atoms with van der Waals surface area (Å²) in [5.41, 5.74) is 0.523. The van der Waals surface area contributed by atoms with Crippen molar-refractivity contribution in [3.63, 3.8) is 0 Å². The van der Waals surface area contributed by atoms with Gasteiger partial charge in [0.1, 0.15) is 5.82 Å². The smallest absolute Gasteiger partial charge is 0.251 e. The Morgan fingerprint density at radius 3 is 2.31 bits per heavy atom. The Labute approximate surface area is 182 Å². The van der Waals surface area contributed by atoms with Crippen LogP contribution in [0.2, 0.25) is 15.1 Å². The Bertz CT molecular complexity index is 1010. The van der Waals surface area contributed by atoms with Crippen LogP contribution in [0, 0.1) is 17.2 Å². The third kappa shape index (κ3) is 3.60. The third-order valence-electron chi connectivity index (χ3n) is 6.13. The zero-order valence-electron chi connectivity index (χ0n) is 15.5. The first-order chi connectivity index (χ1) is 13.6. The Morgan fingerprint density at radius 1 is 1.00 bits per heavy atom. The van der Waals surface area contributed by atoms with E-state index in [9.17, 15) is 14.0 Å². The SMILES string of the molecule is C[C@H](C(=O)Nc1ccc(F)c(Cl)c1)C12CC(NC(=O)c3ccc(Cl)c(Cl)c3)(C1)C2. The zero-order valence-corrected chi connectivity index (χ0v) is 17.8. The Balaban J connectivity index is 1.35. The van der Waals surface area contributed by atoms with E-state index in [1.165, 1.54) is 18.2 Å². The van der Waals surface area contributed by atoms with Crippen LogP contribution >= 0.6 is 34.8 Å². The lowest BCUT2D eigenvalue weighted by Gasteiger charge is -2.72. The van der Waals surface area contributed by atoms with E-state index in [0.29, 0.717) is 21.3 Å². The number of halogens is 4. The van der Waals surface area contributed by atoms with E-state index >= 15 is 0 Å². The van der Waals surface area contributed by atoms with Crippen LogP contribution in [0.5, 0.6) is 0 Å². The second kappa shape index (κ2) is 7.15. The summed E-state index contributed by atoms with van der Waals surface area (Å²) in [4.78, 5) is 25.1. The lowest BCUT2D eigenvalue weighted by atomic mass is 9.36. The molecule has 2 aromatic carbocycles. The Hall–Kier alpha value is -1.82. The molecular formula is C21H18Cl3FN2O2. The predicted molar refractivity (Wildman–Crippen MR) is 112 cm³/mol. The number of carbonyl (C=O) groups excluding carboxylic acids is 2. The molecular weight excluding hydrogens is 438 g/mol. The first kappa shape index (κ1) is 20.5. The molecule has 0 saturated heterocycles. The van der Waals surface area contributed by atoms with Crippen LogP contribution in [0.15, 0.2) is 36.4 Å². The molecule has 0 spiro atoms. The number of carbonyl (C=O) groups is 2. The maximum atomic E-state index is 13.3. The van der Waals surface area contributed by atoms with Gasteiger partial charge in [-0.05, 0) is 61.1 Å². The number of amides is 2. The molecule has 0 radical (unpaired) electrons. The van der Waals surface area contributed by atoms with Gasteiger partial charge in [0.05, 0.1) is 15.1 Å². The molecule has 1 atom stereocenters. The normalized spacial score (nSPS) is 25.4. The van der Waals surface area contributed by atoms with Crippen LogP contribution in [-0.4, -0.2) is 17.4 Å². The molecule has 3 fully saturated rings. The quantitative estimate of drug-likeness (QED) is 0.606. The van der Waals surface area contributed by atoms with Crippen molar-refractivity contribution in [3.05, 3.63) is 62.8 Å². The lowest BCUT2D eigenvalue weighted by molar-refractivity contribution is -0.184. The fourth-order valence-electron chi connectivity index (χ4n) is 4.51. The molecule has 152 valence electrons. The Kier molecular flexibility index (Phi) is 5.04. The molecule has 0 unspecified atom stereocenters. The van der Waals surface area contributed by atoms with E-state index in [1.807, 2.05) is 6.92 Å². The van der Waals surface area contributed by atoms with Crippen LogP contribution in [0.4, 0.5) is 10.1 Å². The average molecular weight is 456 g/mol. The highest BCUT2D eigenvalue weighted by molar-refractivity contribution is 6.42. The summed E-state index contributed by atoms with van der Waals surface area (Å²) in [6.45, 7) is 1.88. The topological polar surface area (TPSA) is 58.2 Å². The molecule has 3 saturated carbocycles. The van der Waals surface area contributed by atoms with E-state index < -0.39 is 5.82 Å². The van der Waals surface area contributed by atoms with Gasteiger partial charge in [-0.2, -0.15) is 0 Å². The van der Waals surface area contributed by atoms with Crippen LogP contribution in [0.3, 0.4) is 0 Å². The minimum Gasteiger partial charge on any atom is -0.347 e. The van der Waals surface area contributed by atoms with Gasteiger partial charge in [-0.3, -0.25) is 9.59 Å². The molecule has 8 heteroatoms. The monoisotopic (exact) mass is 454 g/mol. The molecule has 3 aliphatic carbocycles. The zero-order chi connectivity index (χ0) is 21.0. The van der Waals surface area contributed by atoms with Gasteiger partial charge in [0, 0.05) is 22.7 Å². The van der Waals surface area contributed by atoms with Crippen LogP contribution < -0.4 is 10.6 Å².